The van der Waals surface area contributed by atoms with E-state index in [-0.39, 0.29) is 6.10 Å². The fraction of sp³-hybridized carbons (Fsp3) is 0.800. The van der Waals surface area contributed by atoms with E-state index in [1.54, 1.807) is 0 Å². The van der Waals surface area contributed by atoms with Gasteiger partial charge in [-0.05, 0) is 0 Å². The predicted octanol–water partition coefficient (Wildman–Crippen LogP) is -1.57. The van der Waals surface area contributed by atoms with Crippen molar-refractivity contribution in [3.05, 3.63) is 7.05 Å². The van der Waals surface area contributed by atoms with Gasteiger partial charge in [0.25, 0.3) is 0 Å². The van der Waals surface area contributed by atoms with Crippen molar-refractivity contribution in [2.75, 3.05) is 13.1 Å². The Kier molecular flexibility index (Phi) is 1.30. The summed E-state index contributed by atoms with van der Waals surface area (Å²) < 4.78 is 0. The number of rotatable bonds is 0. The molecule has 0 aromatic rings. The monoisotopic (exact) mass is 101 g/mol. The number of aliphatic hydroxyl groups excluding tert-OH is 1. The van der Waals surface area contributed by atoms with Gasteiger partial charge in [-0.3, -0.25) is 0 Å². The quantitative estimate of drug-likeness (QED) is 0.354. The molecule has 0 bridgehead atoms. The van der Waals surface area contributed by atoms with E-state index in [4.69, 9.17) is 5.11 Å². The van der Waals surface area contributed by atoms with E-state index in [0.29, 0.717) is 0 Å². The van der Waals surface area contributed by atoms with Crippen LogP contribution < -0.4 is 4.90 Å². The van der Waals surface area contributed by atoms with Crippen LogP contribution in [-0.4, -0.2) is 24.3 Å². The van der Waals surface area contributed by atoms with Crippen LogP contribution in [0.25, 0.3) is 0 Å². The Labute approximate surface area is 43.7 Å². The molecule has 2 heteroatoms. The molecule has 1 saturated heterocycles. The smallest absolute Gasteiger partial charge is 0.106 e. The van der Waals surface area contributed by atoms with Gasteiger partial charge < -0.3 is 10.0 Å². The van der Waals surface area contributed by atoms with Gasteiger partial charge in [-0.15, -0.1) is 0 Å². The molecule has 42 valence electrons. The lowest BCUT2D eigenvalue weighted by Gasteiger charge is -2.09. The number of hydrogen-bond donors (Lipinski definition) is 2. The molecule has 0 aromatic heterocycles. The molecule has 1 aliphatic rings. The van der Waals surface area contributed by atoms with E-state index < -0.39 is 0 Å². The average Bonchev–Trinajstić information content (AvgIpc) is 1.87. The van der Waals surface area contributed by atoms with E-state index in [9.17, 15) is 0 Å². The molecule has 0 saturated carbocycles. The molecule has 1 rings (SSSR count). The van der Waals surface area contributed by atoms with E-state index in [1.165, 1.54) is 4.90 Å². The summed E-state index contributed by atoms with van der Waals surface area (Å²) in [5.41, 5.74) is 0. The fourth-order valence-corrected chi connectivity index (χ4v) is 0.908. The molecule has 0 amide bonds. The number of hydrogen-bond acceptors (Lipinski definition) is 1. The molecule has 7 heavy (non-hydrogen) atoms. The van der Waals surface area contributed by atoms with Crippen molar-refractivity contribution < 1.29 is 10.0 Å². The van der Waals surface area contributed by atoms with E-state index in [2.05, 4.69) is 7.05 Å². The summed E-state index contributed by atoms with van der Waals surface area (Å²) >= 11 is 0. The second-order valence-electron chi connectivity index (χ2n) is 2.15. The van der Waals surface area contributed by atoms with Gasteiger partial charge in [0.05, 0.1) is 13.1 Å². The van der Waals surface area contributed by atoms with Gasteiger partial charge in [0.1, 0.15) is 6.10 Å². The molecule has 2 atom stereocenters. The Hall–Kier alpha value is -0.0800. The highest BCUT2D eigenvalue weighted by atomic mass is 16.3. The standard InChI is InChI=1S/C5H11NO/c1-6-3-2-5(7)4-6/h5-7H,1-4H2/t5-/m1/s1. The third kappa shape index (κ3) is 1.14. The Morgan fingerprint density at radius 3 is 2.57 bits per heavy atom. The SMILES string of the molecule is [CH2-][NH+]1CC[C@@H](O)C1. The number of nitrogens with one attached hydrogen (secondary N) is 1. The van der Waals surface area contributed by atoms with Crippen molar-refractivity contribution in [1.82, 2.24) is 0 Å². The van der Waals surface area contributed by atoms with E-state index in [0.717, 1.165) is 19.5 Å². The van der Waals surface area contributed by atoms with Crippen LogP contribution in [0.15, 0.2) is 0 Å². The summed E-state index contributed by atoms with van der Waals surface area (Å²) in [7, 11) is 3.74. The van der Waals surface area contributed by atoms with Crippen molar-refractivity contribution in [1.29, 1.82) is 0 Å². The fourth-order valence-electron chi connectivity index (χ4n) is 0.908. The van der Waals surface area contributed by atoms with Gasteiger partial charge in [0.15, 0.2) is 0 Å². The van der Waals surface area contributed by atoms with Gasteiger partial charge in [0.2, 0.25) is 0 Å². The molecule has 2 nitrogen and oxygen atoms in total. The summed E-state index contributed by atoms with van der Waals surface area (Å²) in [5.74, 6) is 0. The van der Waals surface area contributed by atoms with Gasteiger partial charge in [0, 0.05) is 6.42 Å². The molecular formula is C5H11NO. The molecule has 0 aromatic carbocycles. The van der Waals surface area contributed by atoms with E-state index >= 15 is 0 Å². The zero-order valence-electron chi connectivity index (χ0n) is 4.35. The Balaban J connectivity index is 2.26. The number of quaternary nitrogens is 1. The first-order valence-corrected chi connectivity index (χ1v) is 2.64. The molecule has 1 heterocycles. The highest BCUT2D eigenvalue weighted by Gasteiger charge is 2.15. The molecule has 1 unspecified atom stereocenters. The van der Waals surface area contributed by atoms with Crippen molar-refractivity contribution in [3.63, 3.8) is 0 Å². The number of aliphatic hydroxyl groups is 1. The van der Waals surface area contributed by atoms with Crippen molar-refractivity contribution in [2.24, 2.45) is 0 Å². The summed E-state index contributed by atoms with van der Waals surface area (Å²) in [5, 5.41) is 8.84. The lowest BCUT2D eigenvalue weighted by atomic mass is 10.3. The lowest BCUT2D eigenvalue weighted by Crippen LogP contribution is -3.05. The maximum Gasteiger partial charge on any atom is 0.106 e. The zero-order chi connectivity index (χ0) is 5.28. The van der Waals surface area contributed by atoms with Crippen LogP contribution in [0.5, 0.6) is 0 Å². The average molecular weight is 101 g/mol. The second kappa shape index (κ2) is 1.80. The zero-order valence-corrected chi connectivity index (χ0v) is 4.35. The Bertz CT molecular complexity index is 57.1. The van der Waals surface area contributed by atoms with Crippen molar-refractivity contribution >= 4 is 0 Å². The highest BCUT2D eigenvalue weighted by Crippen LogP contribution is 1.88. The molecule has 1 fully saturated rings. The topological polar surface area (TPSA) is 24.7 Å². The van der Waals surface area contributed by atoms with Crippen LogP contribution in [0.4, 0.5) is 0 Å². The van der Waals surface area contributed by atoms with Gasteiger partial charge >= 0.3 is 0 Å². The second-order valence-corrected chi connectivity index (χ2v) is 2.15. The van der Waals surface area contributed by atoms with Gasteiger partial charge in [-0.2, -0.15) is 7.05 Å². The molecular weight excluding hydrogens is 90.1 g/mol. The number of likely N-dealkylation sites (tertiary alicyclic amines) is 1. The van der Waals surface area contributed by atoms with Crippen LogP contribution in [0.2, 0.25) is 0 Å². The normalized spacial score (nSPS) is 42.0. The first kappa shape index (κ1) is 5.06. The first-order valence-electron chi connectivity index (χ1n) is 2.64. The van der Waals surface area contributed by atoms with Crippen molar-refractivity contribution in [2.45, 2.75) is 12.5 Å². The third-order valence-corrected chi connectivity index (χ3v) is 1.36. The predicted molar refractivity (Wildman–Crippen MR) is 26.7 cm³/mol. The van der Waals surface area contributed by atoms with Crippen LogP contribution >= 0.6 is 0 Å². The molecule has 0 aliphatic carbocycles. The minimum Gasteiger partial charge on any atom is -0.466 e. The minimum atomic E-state index is -0.0764. The lowest BCUT2D eigenvalue weighted by molar-refractivity contribution is -0.841. The summed E-state index contributed by atoms with van der Waals surface area (Å²) in [6.07, 6.45) is 0.853. The van der Waals surface area contributed by atoms with Crippen LogP contribution in [-0.2, 0) is 0 Å². The third-order valence-electron chi connectivity index (χ3n) is 1.36. The summed E-state index contributed by atoms with van der Waals surface area (Å²) in [4.78, 5) is 1.20. The van der Waals surface area contributed by atoms with E-state index in [1.807, 2.05) is 0 Å². The van der Waals surface area contributed by atoms with Crippen LogP contribution in [0, 0.1) is 7.05 Å². The molecule has 2 N–H and O–H groups in total. The van der Waals surface area contributed by atoms with Gasteiger partial charge in [-0.1, -0.05) is 0 Å². The molecule has 1 aliphatic heterocycles. The maximum atomic E-state index is 8.84. The minimum absolute atomic E-state index is 0.0764. The van der Waals surface area contributed by atoms with Crippen molar-refractivity contribution in [3.8, 4) is 0 Å². The Morgan fingerprint density at radius 1 is 1.71 bits per heavy atom. The molecule has 0 spiro atoms. The summed E-state index contributed by atoms with van der Waals surface area (Å²) in [6, 6.07) is 0. The maximum absolute atomic E-state index is 8.84. The van der Waals surface area contributed by atoms with Crippen LogP contribution in [0.3, 0.4) is 0 Å². The molecule has 0 radical (unpaired) electrons. The van der Waals surface area contributed by atoms with Gasteiger partial charge in [-0.25, -0.2) is 0 Å². The Morgan fingerprint density at radius 2 is 2.43 bits per heavy atom. The highest BCUT2D eigenvalue weighted by molar-refractivity contribution is 4.56. The largest absolute Gasteiger partial charge is 0.466 e. The first-order chi connectivity index (χ1) is 3.29. The van der Waals surface area contributed by atoms with Crippen LogP contribution in [0.1, 0.15) is 6.42 Å². The summed E-state index contributed by atoms with van der Waals surface area (Å²) in [6.45, 7) is 1.86.